The van der Waals surface area contributed by atoms with Crippen LogP contribution in [0, 0.1) is 0 Å². The molecule has 1 unspecified atom stereocenters. The third-order valence-corrected chi connectivity index (χ3v) is 11.3. The Bertz CT molecular complexity index is 1590. The monoisotopic (exact) mass is 979 g/mol. The second-order valence-corrected chi connectivity index (χ2v) is 18.1. The molecule has 6 heteroatoms. The summed E-state index contributed by atoms with van der Waals surface area (Å²) in [5.74, 6) is -0.980. The Kier molecular flexibility index (Phi) is 54.0. The molecule has 0 fully saturated rings. The van der Waals surface area contributed by atoms with E-state index in [1.54, 1.807) is 0 Å². The molecular formula is C65H102O6. The number of carbonyl (C=O) groups excluding carboxylic acids is 3. The van der Waals surface area contributed by atoms with Crippen molar-refractivity contribution in [2.75, 3.05) is 13.2 Å². The van der Waals surface area contributed by atoms with E-state index in [0.29, 0.717) is 12.8 Å². The molecule has 6 nitrogen and oxygen atoms in total. The highest BCUT2D eigenvalue weighted by Gasteiger charge is 2.19. The zero-order valence-electron chi connectivity index (χ0n) is 45.4. The Labute approximate surface area is 436 Å². The molecule has 0 aromatic carbocycles. The van der Waals surface area contributed by atoms with Crippen LogP contribution < -0.4 is 0 Å². The summed E-state index contributed by atoms with van der Waals surface area (Å²) in [4.78, 5) is 38.1. The minimum Gasteiger partial charge on any atom is -0.462 e. The van der Waals surface area contributed by atoms with Gasteiger partial charge in [0.1, 0.15) is 13.2 Å². The van der Waals surface area contributed by atoms with Crippen LogP contribution in [0.25, 0.3) is 0 Å². The van der Waals surface area contributed by atoms with E-state index in [2.05, 4.69) is 167 Å². The van der Waals surface area contributed by atoms with Crippen LogP contribution >= 0.6 is 0 Å². The summed E-state index contributed by atoms with van der Waals surface area (Å²) < 4.78 is 16.8. The van der Waals surface area contributed by atoms with E-state index in [-0.39, 0.29) is 37.5 Å². The van der Waals surface area contributed by atoms with Gasteiger partial charge in [-0.25, -0.2) is 0 Å². The molecule has 0 N–H and O–H groups in total. The number of unbranched alkanes of at least 4 members (excludes halogenated alkanes) is 14. The fourth-order valence-corrected chi connectivity index (χ4v) is 7.12. The van der Waals surface area contributed by atoms with Crippen LogP contribution in [-0.4, -0.2) is 37.2 Å². The Morgan fingerprint density at radius 3 is 0.859 bits per heavy atom. The maximum absolute atomic E-state index is 12.8. The number of ether oxygens (including phenoxy) is 3. The summed E-state index contributed by atoms with van der Waals surface area (Å²) in [5.41, 5.74) is 0. The van der Waals surface area contributed by atoms with Crippen LogP contribution in [0.3, 0.4) is 0 Å². The summed E-state index contributed by atoms with van der Waals surface area (Å²) in [6.07, 6.45) is 82.6. The summed E-state index contributed by atoms with van der Waals surface area (Å²) in [6, 6.07) is 0. The van der Waals surface area contributed by atoms with Crippen molar-refractivity contribution in [1.29, 1.82) is 0 Å². The lowest BCUT2D eigenvalue weighted by Crippen LogP contribution is -2.30. The highest BCUT2D eigenvalue weighted by Crippen LogP contribution is 2.13. The van der Waals surface area contributed by atoms with Gasteiger partial charge in [0.25, 0.3) is 0 Å². The minimum absolute atomic E-state index is 0.110. The molecule has 0 radical (unpaired) electrons. The number of rotatable bonds is 49. The van der Waals surface area contributed by atoms with Crippen molar-refractivity contribution in [2.24, 2.45) is 0 Å². The van der Waals surface area contributed by atoms with Gasteiger partial charge in [-0.15, -0.1) is 0 Å². The molecule has 0 saturated heterocycles. The Morgan fingerprint density at radius 1 is 0.296 bits per heavy atom. The topological polar surface area (TPSA) is 78.9 Å². The smallest absolute Gasteiger partial charge is 0.306 e. The number of carbonyl (C=O) groups is 3. The summed E-state index contributed by atoms with van der Waals surface area (Å²) >= 11 is 0. The number of hydrogen-bond donors (Lipinski definition) is 0. The highest BCUT2D eigenvalue weighted by molar-refractivity contribution is 5.71. The van der Waals surface area contributed by atoms with Crippen molar-refractivity contribution in [3.63, 3.8) is 0 Å². The van der Waals surface area contributed by atoms with Crippen LogP contribution in [0.2, 0.25) is 0 Å². The van der Waals surface area contributed by atoms with E-state index in [0.717, 1.165) is 180 Å². The third-order valence-electron chi connectivity index (χ3n) is 11.3. The van der Waals surface area contributed by atoms with E-state index in [4.69, 9.17) is 14.2 Å². The van der Waals surface area contributed by atoms with Crippen molar-refractivity contribution in [3.05, 3.63) is 146 Å². The normalized spacial score (nSPS) is 13.2. The van der Waals surface area contributed by atoms with Crippen LogP contribution in [0.1, 0.15) is 226 Å². The zero-order valence-corrected chi connectivity index (χ0v) is 45.4. The molecule has 0 aliphatic heterocycles. The van der Waals surface area contributed by atoms with E-state index >= 15 is 0 Å². The molecule has 0 bridgehead atoms. The lowest BCUT2D eigenvalue weighted by atomic mass is 10.1. The van der Waals surface area contributed by atoms with Gasteiger partial charge in [0, 0.05) is 19.3 Å². The van der Waals surface area contributed by atoms with Gasteiger partial charge in [-0.3, -0.25) is 14.4 Å². The molecule has 1 atom stereocenters. The van der Waals surface area contributed by atoms with Crippen molar-refractivity contribution in [2.45, 2.75) is 232 Å². The maximum atomic E-state index is 12.8. The molecule has 0 spiro atoms. The average Bonchev–Trinajstić information content (AvgIpc) is 3.37. The van der Waals surface area contributed by atoms with Crippen LogP contribution in [0.5, 0.6) is 0 Å². The van der Waals surface area contributed by atoms with Gasteiger partial charge in [0.2, 0.25) is 0 Å². The number of hydrogen-bond acceptors (Lipinski definition) is 6. The quantitative estimate of drug-likeness (QED) is 0.0262. The van der Waals surface area contributed by atoms with Crippen molar-refractivity contribution >= 4 is 17.9 Å². The van der Waals surface area contributed by atoms with Crippen molar-refractivity contribution in [1.82, 2.24) is 0 Å². The van der Waals surface area contributed by atoms with Gasteiger partial charge in [-0.2, -0.15) is 0 Å². The lowest BCUT2D eigenvalue weighted by molar-refractivity contribution is -0.167. The van der Waals surface area contributed by atoms with E-state index in [9.17, 15) is 14.4 Å². The Balaban J connectivity index is 4.50. The Morgan fingerprint density at radius 2 is 0.549 bits per heavy atom. The molecule has 0 aromatic heterocycles. The third kappa shape index (κ3) is 56.1. The van der Waals surface area contributed by atoms with Crippen LogP contribution in [0.4, 0.5) is 0 Å². The first-order valence-electron chi connectivity index (χ1n) is 28.3. The van der Waals surface area contributed by atoms with Gasteiger partial charge in [0.05, 0.1) is 0 Å². The molecule has 0 aromatic rings. The second-order valence-electron chi connectivity index (χ2n) is 18.1. The molecule has 0 rings (SSSR count). The fraction of sp³-hybridized carbons (Fsp3) is 0.585. The van der Waals surface area contributed by atoms with Crippen LogP contribution in [-0.2, 0) is 28.6 Å². The zero-order chi connectivity index (χ0) is 51.4. The van der Waals surface area contributed by atoms with E-state index in [1.807, 2.05) is 0 Å². The Hall–Kier alpha value is -4.71. The average molecular weight is 980 g/mol. The first-order chi connectivity index (χ1) is 35.0. The summed E-state index contributed by atoms with van der Waals surface area (Å²) in [5, 5.41) is 0. The predicted octanol–water partition coefficient (Wildman–Crippen LogP) is 19.2. The first-order valence-corrected chi connectivity index (χ1v) is 28.3. The van der Waals surface area contributed by atoms with Crippen LogP contribution in [0.15, 0.2) is 146 Å². The molecule has 0 saturated carbocycles. The summed E-state index contributed by atoms with van der Waals surface area (Å²) in [6.45, 7) is 6.28. The standard InChI is InChI=1S/C65H102O6/c1-4-7-10-13-16-19-22-25-27-29-30-31-32-33-34-36-37-40-43-46-49-52-55-58-64(67)70-61-62(60-69-63(66)57-54-51-48-45-42-39-24-21-18-15-12-9-6-3)71-65(68)59-56-53-50-47-44-41-38-35-28-26-23-20-17-14-11-8-5-2/h7-8,10-12,15-17,19-21,24-28,30-31,33-34,37-38,40-41,62H,4-6,9,13-14,18,22-23,29,32,35-36,39,42-61H2,1-3H3/b10-7-,11-8-,15-12-,19-16-,20-17-,24-21-,27-25-,28-26-,31-30-,34-33-,40-37-,41-38-. The largest absolute Gasteiger partial charge is 0.462 e. The first kappa shape index (κ1) is 66.3. The molecular weight excluding hydrogens is 877 g/mol. The SMILES string of the molecule is CC/C=C\C/C=C\C/C=C\C/C=C\C/C=C\C/C=C\CCCCCCC(=O)OCC(COC(=O)CCCCCCC/C=C\C/C=C\CCC)OC(=O)CCCCCC/C=C\C/C=C\C/C=C\C/C=C\CC. The van der Waals surface area contributed by atoms with Crippen molar-refractivity contribution < 1.29 is 28.6 Å². The highest BCUT2D eigenvalue weighted by atomic mass is 16.6. The van der Waals surface area contributed by atoms with Crippen molar-refractivity contribution in [3.8, 4) is 0 Å². The fourth-order valence-electron chi connectivity index (χ4n) is 7.12. The van der Waals surface area contributed by atoms with Gasteiger partial charge in [-0.05, 0) is 135 Å². The van der Waals surface area contributed by atoms with Gasteiger partial charge < -0.3 is 14.2 Å². The van der Waals surface area contributed by atoms with E-state index in [1.165, 1.54) is 6.42 Å². The molecule has 0 amide bonds. The summed E-state index contributed by atoms with van der Waals surface area (Å²) in [7, 11) is 0. The predicted molar refractivity (Wildman–Crippen MR) is 306 cm³/mol. The van der Waals surface area contributed by atoms with Gasteiger partial charge in [-0.1, -0.05) is 218 Å². The minimum atomic E-state index is -0.815. The molecule has 0 heterocycles. The lowest BCUT2D eigenvalue weighted by Gasteiger charge is -2.18. The van der Waals surface area contributed by atoms with Gasteiger partial charge >= 0.3 is 17.9 Å². The maximum Gasteiger partial charge on any atom is 0.306 e. The van der Waals surface area contributed by atoms with E-state index < -0.39 is 6.10 Å². The molecule has 398 valence electrons. The molecule has 0 aliphatic rings. The second kappa shape index (κ2) is 57.9. The molecule has 0 aliphatic carbocycles. The molecule has 71 heavy (non-hydrogen) atoms. The number of allylic oxidation sites excluding steroid dienone is 24. The van der Waals surface area contributed by atoms with Gasteiger partial charge in [0.15, 0.2) is 6.10 Å². The number of esters is 3.